The molecule has 0 saturated carbocycles. The van der Waals surface area contributed by atoms with Crippen molar-refractivity contribution in [2.75, 3.05) is 26.2 Å². The normalized spacial score (nSPS) is 10.3. The van der Waals surface area contributed by atoms with Crippen molar-refractivity contribution in [3.63, 3.8) is 0 Å². The Hall–Kier alpha value is 0.01000. The zero-order valence-corrected chi connectivity index (χ0v) is 16.9. The molecule has 0 bridgehead atoms. The van der Waals surface area contributed by atoms with E-state index in [9.17, 15) is 0 Å². The van der Waals surface area contributed by atoms with Gasteiger partial charge in [-0.15, -0.1) is 24.8 Å². The van der Waals surface area contributed by atoms with Crippen molar-refractivity contribution in [2.45, 2.75) is 52.5 Å². The first-order valence-electron chi connectivity index (χ1n) is 8.44. The molecule has 0 heterocycles. The van der Waals surface area contributed by atoms with E-state index in [0.29, 0.717) is 0 Å². The molecule has 5 heteroatoms. The van der Waals surface area contributed by atoms with Crippen molar-refractivity contribution >= 4 is 36.4 Å². The molecular formula is C18H33Cl3N2. The van der Waals surface area contributed by atoms with Crippen LogP contribution in [-0.4, -0.2) is 31.1 Å². The second-order valence-corrected chi connectivity index (χ2v) is 6.08. The highest BCUT2D eigenvalue weighted by Crippen LogP contribution is 2.14. The lowest BCUT2D eigenvalue weighted by Gasteiger charge is -2.22. The summed E-state index contributed by atoms with van der Waals surface area (Å²) in [6.07, 6.45) is 6.41. The van der Waals surface area contributed by atoms with Crippen LogP contribution in [0.15, 0.2) is 24.3 Å². The van der Waals surface area contributed by atoms with Crippen LogP contribution in [0.1, 0.15) is 51.5 Å². The van der Waals surface area contributed by atoms with E-state index in [1.165, 1.54) is 57.3 Å². The van der Waals surface area contributed by atoms with E-state index in [4.69, 9.17) is 11.6 Å². The fourth-order valence-electron chi connectivity index (χ4n) is 2.39. The fraction of sp³-hybridized carbons (Fsp3) is 0.667. The Balaban J connectivity index is 0. The Morgan fingerprint density at radius 1 is 0.913 bits per heavy atom. The molecule has 0 spiro atoms. The molecule has 0 aliphatic carbocycles. The van der Waals surface area contributed by atoms with Gasteiger partial charge in [0.05, 0.1) is 0 Å². The molecule has 1 aromatic rings. The molecule has 0 aliphatic heterocycles. The number of hydrogen-bond donors (Lipinski definition) is 1. The number of rotatable bonds is 12. The van der Waals surface area contributed by atoms with Crippen molar-refractivity contribution in [2.24, 2.45) is 0 Å². The lowest BCUT2D eigenvalue weighted by atomic mass is 10.2. The zero-order valence-electron chi connectivity index (χ0n) is 14.5. The van der Waals surface area contributed by atoms with E-state index in [1.54, 1.807) is 0 Å². The van der Waals surface area contributed by atoms with Crippen molar-refractivity contribution in [3.8, 4) is 0 Å². The van der Waals surface area contributed by atoms with E-state index in [-0.39, 0.29) is 24.8 Å². The summed E-state index contributed by atoms with van der Waals surface area (Å²) < 4.78 is 0. The van der Waals surface area contributed by atoms with Gasteiger partial charge in [-0.1, -0.05) is 56.5 Å². The maximum Gasteiger partial charge on any atom is 0.0450 e. The molecule has 23 heavy (non-hydrogen) atoms. The number of unbranched alkanes of at least 4 members (excludes halogenated alkanes) is 2. The maximum absolute atomic E-state index is 6.15. The number of hydrogen-bond acceptors (Lipinski definition) is 2. The van der Waals surface area contributed by atoms with Crippen LogP contribution < -0.4 is 5.32 Å². The number of benzene rings is 1. The summed E-state index contributed by atoms with van der Waals surface area (Å²) in [5.41, 5.74) is 1.19. The maximum atomic E-state index is 6.15. The summed E-state index contributed by atoms with van der Waals surface area (Å²) in [6.45, 7) is 10.2. The molecule has 136 valence electrons. The third-order valence-corrected chi connectivity index (χ3v) is 4.13. The molecule has 0 fully saturated rings. The molecule has 0 radical (unpaired) electrons. The van der Waals surface area contributed by atoms with Gasteiger partial charge >= 0.3 is 0 Å². The Labute approximate surface area is 160 Å². The predicted molar refractivity (Wildman–Crippen MR) is 109 cm³/mol. The van der Waals surface area contributed by atoms with Gasteiger partial charge in [0.1, 0.15) is 0 Å². The molecule has 1 rings (SSSR count). The first-order chi connectivity index (χ1) is 10.3. The van der Waals surface area contributed by atoms with Gasteiger partial charge in [0.15, 0.2) is 0 Å². The van der Waals surface area contributed by atoms with E-state index >= 15 is 0 Å². The van der Waals surface area contributed by atoms with Gasteiger partial charge in [-0.05, 0) is 57.1 Å². The third-order valence-electron chi connectivity index (χ3n) is 3.76. The predicted octanol–water partition coefficient (Wildman–Crippen LogP) is 5.57. The summed E-state index contributed by atoms with van der Waals surface area (Å²) in [5, 5.41) is 4.36. The molecule has 0 atom stereocenters. The summed E-state index contributed by atoms with van der Waals surface area (Å²) >= 11 is 6.15. The molecule has 0 unspecified atom stereocenters. The molecule has 1 N–H and O–H groups in total. The minimum atomic E-state index is 0. The first-order valence-corrected chi connectivity index (χ1v) is 8.82. The smallest absolute Gasteiger partial charge is 0.0450 e. The molecule has 0 aromatic heterocycles. The second kappa shape index (κ2) is 16.9. The van der Waals surface area contributed by atoms with Crippen LogP contribution in [-0.2, 0) is 6.54 Å². The molecular weight excluding hydrogens is 351 g/mol. The highest BCUT2D eigenvalue weighted by atomic mass is 35.5. The van der Waals surface area contributed by atoms with Crippen LogP contribution in [0.2, 0.25) is 5.02 Å². The SMILES string of the molecule is CCCCN(CCCC)CCCNCc1ccccc1Cl.Cl.Cl. The van der Waals surface area contributed by atoms with Crippen LogP contribution in [0.3, 0.4) is 0 Å². The lowest BCUT2D eigenvalue weighted by Crippen LogP contribution is -2.29. The Bertz CT molecular complexity index is 367. The molecule has 0 amide bonds. The van der Waals surface area contributed by atoms with Gasteiger partial charge in [-0.3, -0.25) is 0 Å². The first kappa shape index (κ1) is 25.3. The van der Waals surface area contributed by atoms with E-state index in [0.717, 1.165) is 18.1 Å². The summed E-state index contributed by atoms with van der Waals surface area (Å²) in [5.74, 6) is 0. The van der Waals surface area contributed by atoms with Gasteiger partial charge in [0.25, 0.3) is 0 Å². The van der Waals surface area contributed by atoms with Crippen molar-refractivity contribution in [1.82, 2.24) is 10.2 Å². The highest BCUT2D eigenvalue weighted by Gasteiger charge is 2.03. The van der Waals surface area contributed by atoms with Crippen molar-refractivity contribution < 1.29 is 0 Å². The Morgan fingerprint density at radius 2 is 1.48 bits per heavy atom. The van der Waals surface area contributed by atoms with E-state index < -0.39 is 0 Å². The van der Waals surface area contributed by atoms with Gasteiger partial charge in [-0.25, -0.2) is 0 Å². The quantitative estimate of drug-likeness (QED) is 0.475. The zero-order chi connectivity index (χ0) is 15.3. The third kappa shape index (κ3) is 12.1. The van der Waals surface area contributed by atoms with Crippen LogP contribution in [0, 0.1) is 0 Å². The second-order valence-electron chi connectivity index (χ2n) is 5.67. The van der Waals surface area contributed by atoms with Crippen molar-refractivity contribution in [1.29, 1.82) is 0 Å². The molecule has 1 aromatic carbocycles. The highest BCUT2D eigenvalue weighted by molar-refractivity contribution is 6.31. The fourth-order valence-corrected chi connectivity index (χ4v) is 2.59. The average Bonchev–Trinajstić information content (AvgIpc) is 2.50. The summed E-state index contributed by atoms with van der Waals surface area (Å²) in [4.78, 5) is 2.62. The monoisotopic (exact) mass is 382 g/mol. The molecule has 2 nitrogen and oxygen atoms in total. The summed E-state index contributed by atoms with van der Waals surface area (Å²) in [6, 6.07) is 8.06. The van der Waals surface area contributed by atoms with Gasteiger partial charge in [-0.2, -0.15) is 0 Å². The van der Waals surface area contributed by atoms with Crippen molar-refractivity contribution in [3.05, 3.63) is 34.9 Å². The van der Waals surface area contributed by atoms with Gasteiger partial charge < -0.3 is 10.2 Å². The molecule has 0 saturated heterocycles. The Morgan fingerprint density at radius 3 is 2.04 bits per heavy atom. The van der Waals surface area contributed by atoms with Crippen LogP contribution in [0.25, 0.3) is 0 Å². The largest absolute Gasteiger partial charge is 0.313 e. The van der Waals surface area contributed by atoms with Crippen LogP contribution in [0.4, 0.5) is 0 Å². The minimum absolute atomic E-state index is 0. The van der Waals surface area contributed by atoms with Gasteiger partial charge in [0, 0.05) is 11.6 Å². The van der Waals surface area contributed by atoms with E-state index in [2.05, 4.69) is 30.1 Å². The average molecular weight is 384 g/mol. The van der Waals surface area contributed by atoms with Gasteiger partial charge in [0.2, 0.25) is 0 Å². The number of nitrogens with zero attached hydrogens (tertiary/aromatic N) is 1. The molecule has 0 aliphatic rings. The number of halogens is 3. The minimum Gasteiger partial charge on any atom is -0.313 e. The number of nitrogens with one attached hydrogen (secondary N) is 1. The lowest BCUT2D eigenvalue weighted by molar-refractivity contribution is 0.261. The van der Waals surface area contributed by atoms with Crippen LogP contribution >= 0.6 is 36.4 Å². The standard InChI is InChI=1S/C18H31ClN2.2ClH/c1-3-5-13-21(14-6-4-2)15-9-12-20-16-17-10-7-8-11-18(17)19;;/h7-8,10-11,20H,3-6,9,12-16H2,1-2H3;2*1H. The summed E-state index contributed by atoms with van der Waals surface area (Å²) in [7, 11) is 0. The Kier molecular flexibility index (Phi) is 18.5. The van der Waals surface area contributed by atoms with E-state index in [1.807, 2.05) is 18.2 Å². The topological polar surface area (TPSA) is 15.3 Å². The van der Waals surface area contributed by atoms with Crippen LogP contribution in [0.5, 0.6) is 0 Å².